The third-order valence-electron chi connectivity index (χ3n) is 4.38. The summed E-state index contributed by atoms with van der Waals surface area (Å²) in [6.07, 6.45) is 5.98. The van der Waals surface area contributed by atoms with Crippen LogP contribution in [-0.4, -0.2) is 17.4 Å². The third-order valence-corrected chi connectivity index (χ3v) is 5.62. The van der Waals surface area contributed by atoms with Gasteiger partial charge >= 0.3 is 0 Å². The SMILES string of the molecule is O=C(NCCc1c[nH]c2ccc(F)cc12)c1cc2c(s1)CCC2. The van der Waals surface area contributed by atoms with E-state index in [-0.39, 0.29) is 11.7 Å². The van der Waals surface area contributed by atoms with Gasteiger partial charge in [-0.1, -0.05) is 0 Å². The number of carbonyl (C=O) groups excluding carboxylic acids is 1. The average molecular weight is 328 g/mol. The Morgan fingerprint density at radius 2 is 2.22 bits per heavy atom. The molecule has 2 heterocycles. The van der Waals surface area contributed by atoms with Gasteiger partial charge in [0.1, 0.15) is 5.82 Å². The van der Waals surface area contributed by atoms with Crippen molar-refractivity contribution < 1.29 is 9.18 Å². The number of halogens is 1. The van der Waals surface area contributed by atoms with Crippen molar-refractivity contribution in [1.29, 1.82) is 0 Å². The number of fused-ring (bicyclic) bond motifs is 2. The Morgan fingerprint density at radius 3 is 3.09 bits per heavy atom. The molecule has 1 aliphatic carbocycles. The van der Waals surface area contributed by atoms with Gasteiger partial charge < -0.3 is 10.3 Å². The molecule has 0 bridgehead atoms. The number of amides is 1. The van der Waals surface area contributed by atoms with Gasteiger partial charge in [-0.05, 0) is 61.1 Å². The first kappa shape index (κ1) is 14.5. The Hall–Kier alpha value is -2.14. The summed E-state index contributed by atoms with van der Waals surface area (Å²) in [6, 6.07) is 6.75. The largest absolute Gasteiger partial charge is 0.361 e. The molecule has 3 nitrogen and oxygen atoms in total. The summed E-state index contributed by atoms with van der Waals surface area (Å²) < 4.78 is 13.4. The second-order valence-electron chi connectivity index (χ2n) is 5.92. The van der Waals surface area contributed by atoms with Crippen molar-refractivity contribution in [1.82, 2.24) is 10.3 Å². The number of nitrogens with one attached hydrogen (secondary N) is 2. The molecule has 0 saturated carbocycles. The highest BCUT2D eigenvalue weighted by Gasteiger charge is 2.18. The number of hydrogen-bond acceptors (Lipinski definition) is 2. The number of carbonyl (C=O) groups is 1. The van der Waals surface area contributed by atoms with E-state index in [1.807, 2.05) is 12.3 Å². The minimum Gasteiger partial charge on any atom is -0.361 e. The smallest absolute Gasteiger partial charge is 0.261 e. The van der Waals surface area contributed by atoms with Crippen LogP contribution in [0.2, 0.25) is 0 Å². The number of aromatic amines is 1. The van der Waals surface area contributed by atoms with Crippen LogP contribution in [0.3, 0.4) is 0 Å². The number of aryl methyl sites for hydroxylation is 2. The molecule has 5 heteroatoms. The summed E-state index contributed by atoms with van der Waals surface area (Å²) in [5.41, 5.74) is 3.28. The molecular weight excluding hydrogens is 311 g/mol. The molecule has 0 aliphatic heterocycles. The summed E-state index contributed by atoms with van der Waals surface area (Å²) in [5.74, 6) is -0.245. The van der Waals surface area contributed by atoms with Gasteiger partial charge in [-0.3, -0.25) is 4.79 Å². The molecule has 2 aromatic heterocycles. The van der Waals surface area contributed by atoms with Crippen molar-refractivity contribution in [3.63, 3.8) is 0 Å². The molecule has 1 amide bonds. The van der Waals surface area contributed by atoms with Crippen molar-refractivity contribution in [3.8, 4) is 0 Å². The average Bonchev–Trinajstić information content (AvgIpc) is 3.21. The lowest BCUT2D eigenvalue weighted by atomic mass is 10.1. The Labute approximate surface area is 137 Å². The van der Waals surface area contributed by atoms with E-state index < -0.39 is 0 Å². The quantitative estimate of drug-likeness (QED) is 0.751. The van der Waals surface area contributed by atoms with Crippen LogP contribution < -0.4 is 5.32 Å². The number of rotatable bonds is 4. The van der Waals surface area contributed by atoms with Crippen LogP contribution in [0, 0.1) is 5.82 Å². The van der Waals surface area contributed by atoms with E-state index in [1.54, 1.807) is 17.4 Å². The van der Waals surface area contributed by atoms with Gasteiger partial charge in [0.2, 0.25) is 0 Å². The van der Waals surface area contributed by atoms with Gasteiger partial charge in [0.15, 0.2) is 0 Å². The van der Waals surface area contributed by atoms with Crippen LogP contribution in [0.25, 0.3) is 10.9 Å². The lowest BCUT2D eigenvalue weighted by Crippen LogP contribution is -2.24. The number of benzene rings is 1. The van der Waals surface area contributed by atoms with Crippen molar-refractivity contribution in [2.24, 2.45) is 0 Å². The Kier molecular flexibility index (Phi) is 3.65. The normalized spacial score (nSPS) is 13.4. The molecule has 0 fully saturated rings. The van der Waals surface area contributed by atoms with E-state index in [4.69, 9.17) is 0 Å². The zero-order valence-electron chi connectivity index (χ0n) is 12.6. The zero-order chi connectivity index (χ0) is 15.8. The van der Waals surface area contributed by atoms with Gasteiger partial charge in [0.25, 0.3) is 5.91 Å². The molecule has 23 heavy (non-hydrogen) atoms. The van der Waals surface area contributed by atoms with Crippen molar-refractivity contribution in [2.45, 2.75) is 25.7 Å². The van der Waals surface area contributed by atoms with Crippen LogP contribution in [0.1, 0.15) is 32.1 Å². The van der Waals surface area contributed by atoms with Crippen LogP contribution in [0.15, 0.2) is 30.5 Å². The second kappa shape index (κ2) is 5.81. The van der Waals surface area contributed by atoms with E-state index >= 15 is 0 Å². The topological polar surface area (TPSA) is 44.9 Å². The fourth-order valence-electron chi connectivity index (χ4n) is 3.20. The minimum atomic E-state index is -0.240. The molecule has 4 rings (SSSR count). The zero-order valence-corrected chi connectivity index (χ0v) is 13.4. The maximum Gasteiger partial charge on any atom is 0.261 e. The molecule has 118 valence electrons. The van der Waals surface area contributed by atoms with E-state index in [1.165, 1.54) is 29.0 Å². The summed E-state index contributed by atoms with van der Waals surface area (Å²) in [5, 5.41) is 3.85. The molecule has 0 atom stereocenters. The van der Waals surface area contributed by atoms with Gasteiger partial charge in [0, 0.05) is 28.5 Å². The molecule has 2 N–H and O–H groups in total. The lowest BCUT2D eigenvalue weighted by Gasteiger charge is -2.03. The van der Waals surface area contributed by atoms with E-state index in [2.05, 4.69) is 10.3 Å². The van der Waals surface area contributed by atoms with Gasteiger partial charge in [-0.2, -0.15) is 0 Å². The van der Waals surface area contributed by atoms with Crippen LogP contribution in [0.5, 0.6) is 0 Å². The molecular formula is C18H17FN2OS. The van der Waals surface area contributed by atoms with Crippen LogP contribution in [-0.2, 0) is 19.3 Å². The lowest BCUT2D eigenvalue weighted by molar-refractivity contribution is 0.0958. The molecule has 1 aliphatic rings. The number of aromatic nitrogens is 1. The van der Waals surface area contributed by atoms with Crippen LogP contribution in [0.4, 0.5) is 4.39 Å². The van der Waals surface area contributed by atoms with Crippen molar-refractivity contribution >= 4 is 28.1 Å². The number of hydrogen-bond donors (Lipinski definition) is 2. The first-order valence-corrected chi connectivity index (χ1v) is 8.67. The standard InChI is InChI=1S/C18H17FN2OS/c19-13-4-5-15-14(9-13)12(10-21-15)6-7-20-18(22)17-8-11-2-1-3-16(11)23-17/h4-5,8-10,21H,1-3,6-7H2,(H,20,22). The summed E-state index contributed by atoms with van der Waals surface area (Å²) in [7, 11) is 0. The maximum atomic E-state index is 13.4. The molecule has 0 spiro atoms. The molecule has 0 unspecified atom stereocenters. The predicted molar refractivity (Wildman–Crippen MR) is 90.6 cm³/mol. The van der Waals surface area contributed by atoms with E-state index in [0.29, 0.717) is 13.0 Å². The number of thiophene rings is 1. The molecule has 0 radical (unpaired) electrons. The highest BCUT2D eigenvalue weighted by molar-refractivity contribution is 7.14. The van der Waals surface area contributed by atoms with E-state index in [0.717, 1.165) is 34.2 Å². The summed E-state index contributed by atoms with van der Waals surface area (Å²) in [4.78, 5) is 17.5. The second-order valence-corrected chi connectivity index (χ2v) is 7.06. The van der Waals surface area contributed by atoms with Gasteiger partial charge in [0.05, 0.1) is 4.88 Å². The molecule has 0 saturated heterocycles. The summed E-state index contributed by atoms with van der Waals surface area (Å²) >= 11 is 1.61. The summed E-state index contributed by atoms with van der Waals surface area (Å²) in [6.45, 7) is 0.546. The van der Waals surface area contributed by atoms with Gasteiger partial charge in [-0.25, -0.2) is 4.39 Å². The van der Waals surface area contributed by atoms with Crippen molar-refractivity contribution in [2.75, 3.05) is 6.54 Å². The number of H-pyrrole nitrogens is 1. The first-order chi connectivity index (χ1) is 11.2. The highest BCUT2D eigenvalue weighted by Crippen LogP contribution is 2.30. The Balaban J connectivity index is 1.40. The van der Waals surface area contributed by atoms with Gasteiger partial charge in [-0.15, -0.1) is 11.3 Å². The molecule has 3 aromatic rings. The Bertz CT molecular complexity index is 859. The Morgan fingerprint density at radius 1 is 1.30 bits per heavy atom. The predicted octanol–water partition coefficient (Wildman–Crippen LogP) is 3.83. The third kappa shape index (κ3) is 2.77. The molecule has 1 aromatic carbocycles. The van der Waals surface area contributed by atoms with Crippen LogP contribution >= 0.6 is 11.3 Å². The van der Waals surface area contributed by atoms with Crippen molar-refractivity contribution in [3.05, 3.63) is 57.2 Å². The fourth-order valence-corrected chi connectivity index (χ4v) is 4.37. The van der Waals surface area contributed by atoms with E-state index in [9.17, 15) is 9.18 Å². The first-order valence-electron chi connectivity index (χ1n) is 7.86. The monoisotopic (exact) mass is 328 g/mol. The fraction of sp³-hybridized carbons (Fsp3) is 0.278. The maximum absolute atomic E-state index is 13.4. The highest BCUT2D eigenvalue weighted by atomic mass is 32.1. The minimum absolute atomic E-state index is 0.00424.